The van der Waals surface area contributed by atoms with Crippen LogP contribution < -0.4 is 9.73 Å². The zero-order valence-corrected chi connectivity index (χ0v) is 16.9. The van der Waals surface area contributed by atoms with Gasteiger partial charge in [-0.1, -0.05) is 53.5 Å². The lowest BCUT2D eigenvalue weighted by Crippen LogP contribution is -2.25. The third-order valence-electron chi connectivity index (χ3n) is 4.14. The summed E-state index contributed by atoms with van der Waals surface area (Å²) < 4.78 is 1.75. The molecule has 1 N–H and O–H groups in total. The Morgan fingerprint density at radius 3 is 2.14 bits per heavy atom. The maximum absolute atomic E-state index is 13.0. The minimum Gasteiger partial charge on any atom is -0.321 e. The third kappa shape index (κ3) is 4.17. The van der Waals surface area contributed by atoms with Crippen LogP contribution in [-0.2, 0) is 4.79 Å². The second kappa shape index (κ2) is 8.27. The molecule has 28 heavy (non-hydrogen) atoms. The van der Waals surface area contributed by atoms with Crippen molar-refractivity contribution < 1.29 is 4.79 Å². The van der Waals surface area contributed by atoms with Gasteiger partial charge in [-0.15, -0.1) is 0 Å². The lowest BCUT2D eigenvalue weighted by Gasteiger charge is -2.15. The van der Waals surface area contributed by atoms with Crippen LogP contribution in [-0.4, -0.2) is 11.6 Å². The smallest absolute Gasteiger partial charge is 0.273 e. The molecule has 1 heterocycles. The number of halogens is 2. The van der Waals surface area contributed by atoms with Crippen molar-refractivity contribution in [2.45, 2.75) is 5.25 Å². The van der Waals surface area contributed by atoms with Crippen LogP contribution in [0, 0.1) is 0 Å². The second-order valence-electron chi connectivity index (χ2n) is 6.09. The molecule has 0 saturated heterocycles. The lowest BCUT2D eigenvalue weighted by molar-refractivity contribution is -0.110. The number of carbonyl (C=O) groups excluding carboxylic acids is 1. The Morgan fingerprint density at radius 1 is 0.893 bits per heavy atom. The molecule has 0 aliphatic carbocycles. The average Bonchev–Trinajstić information content (AvgIpc) is 3.15. The summed E-state index contributed by atoms with van der Waals surface area (Å²) in [6.07, 6.45) is 0. The largest absolute Gasteiger partial charge is 0.321 e. The molecule has 1 atom stereocenters. The summed E-state index contributed by atoms with van der Waals surface area (Å²) in [5.74, 6) is -0.241. The van der Waals surface area contributed by atoms with Gasteiger partial charge in [0.15, 0.2) is 0 Å². The van der Waals surface area contributed by atoms with Gasteiger partial charge in [0.25, 0.3) is 5.91 Å². The zero-order chi connectivity index (χ0) is 19.5. The number of nitrogens with one attached hydrogen (secondary N) is 1. The van der Waals surface area contributed by atoms with Gasteiger partial charge in [-0.05, 0) is 66.0 Å². The number of anilines is 2. The number of amides is 1. The van der Waals surface area contributed by atoms with Gasteiger partial charge in [-0.25, -0.2) is 4.41 Å². The van der Waals surface area contributed by atoms with Gasteiger partial charge >= 0.3 is 0 Å². The molecule has 4 rings (SSSR count). The van der Waals surface area contributed by atoms with Gasteiger partial charge in [0.1, 0.15) is 11.0 Å². The van der Waals surface area contributed by atoms with Crippen molar-refractivity contribution in [2.24, 2.45) is 5.10 Å². The molecule has 1 amide bonds. The van der Waals surface area contributed by atoms with Crippen LogP contribution in [0.1, 0.15) is 10.8 Å². The van der Waals surface area contributed by atoms with Gasteiger partial charge < -0.3 is 5.32 Å². The van der Waals surface area contributed by atoms with E-state index in [2.05, 4.69) is 10.4 Å². The van der Waals surface area contributed by atoms with Gasteiger partial charge in [0.05, 0.1) is 5.69 Å². The number of benzene rings is 3. The Hall–Kier alpha value is -2.47. The maximum atomic E-state index is 13.0. The van der Waals surface area contributed by atoms with Gasteiger partial charge in [0.2, 0.25) is 0 Å². The molecule has 3 aromatic carbocycles. The van der Waals surface area contributed by atoms with Gasteiger partial charge in [-0.3, -0.25) is 4.79 Å². The number of carbonyl (C=O) groups is 1. The molecule has 0 aromatic heterocycles. The van der Waals surface area contributed by atoms with Crippen molar-refractivity contribution in [1.82, 2.24) is 0 Å². The predicted octanol–water partition coefficient (Wildman–Crippen LogP) is 6.20. The highest BCUT2D eigenvalue weighted by molar-refractivity contribution is 8.02. The van der Waals surface area contributed by atoms with E-state index in [4.69, 9.17) is 23.2 Å². The minimum absolute atomic E-state index is 0.241. The van der Waals surface area contributed by atoms with Crippen molar-refractivity contribution in [1.29, 1.82) is 0 Å². The lowest BCUT2D eigenvalue weighted by atomic mass is 10.1. The fraction of sp³-hybridized carbons (Fsp3) is 0.0476. The molecule has 3 aromatic rings. The summed E-state index contributed by atoms with van der Waals surface area (Å²) >= 11 is 13.5. The Balaban J connectivity index is 1.66. The van der Waals surface area contributed by atoms with Crippen LogP contribution in [0.3, 0.4) is 0 Å². The van der Waals surface area contributed by atoms with Crippen LogP contribution in [0.15, 0.2) is 84.0 Å². The summed E-state index contributed by atoms with van der Waals surface area (Å²) in [5, 5.41) is 8.55. The highest BCUT2D eigenvalue weighted by Gasteiger charge is 2.34. The molecule has 0 radical (unpaired) electrons. The molecule has 1 aliphatic rings. The van der Waals surface area contributed by atoms with Crippen LogP contribution in [0.2, 0.25) is 10.0 Å². The van der Waals surface area contributed by atoms with E-state index in [0.29, 0.717) is 15.8 Å². The summed E-state index contributed by atoms with van der Waals surface area (Å²) in [6.45, 7) is 0. The quantitative estimate of drug-likeness (QED) is 0.504. The Labute approximate surface area is 177 Å². The van der Waals surface area contributed by atoms with E-state index in [0.717, 1.165) is 16.9 Å². The van der Waals surface area contributed by atoms with Crippen LogP contribution in [0.4, 0.5) is 11.4 Å². The molecule has 4 nitrogen and oxygen atoms in total. The Morgan fingerprint density at radius 2 is 1.50 bits per heavy atom. The number of para-hydroxylation sites is 1. The molecule has 1 aliphatic heterocycles. The van der Waals surface area contributed by atoms with Crippen molar-refractivity contribution in [3.05, 3.63) is 94.5 Å². The van der Waals surface area contributed by atoms with Crippen molar-refractivity contribution >= 4 is 58.1 Å². The zero-order valence-electron chi connectivity index (χ0n) is 14.5. The van der Waals surface area contributed by atoms with E-state index in [1.54, 1.807) is 16.5 Å². The molecule has 140 valence electrons. The summed E-state index contributed by atoms with van der Waals surface area (Å²) in [7, 11) is 0. The van der Waals surface area contributed by atoms with Crippen LogP contribution in [0.5, 0.6) is 0 Å². The first-order chi connectivity index (χ1) is 13.6. The first-order valence-electron chi connectivity index (χ1n) is 8.53. The highest BCUT2D eigenvalue weighted by atomic mass is 35.5. The maximum Gasteiger partial charge on any atom is 0.273 e. The van der Waals surface area contributed by atoms with E-state index in [1.807, 2.05) is 66.7 Å². The molecule has 0 bridgehead atoms. The van der Waals surface area contributed by atoms with E-state index in [1.165, 1.54) is 11.9 Å². The standard InChI is InChI=1S/C21H15Cl2N3OS/c22-15-8-6-14(7-9-15)20-19(21(27)24-17-4-2-1-3-5-17)25-26(28-20)18-12-10-16(23)11-13-18/h1-13,20H,(H,24,27). The molecule has 0 fully saturated rings. The van der Waals surface area contributed by atoms with Gasteiger partial charge in [-0.2, -0.15) is 5.10 Å². The fourth-order valence-electron chi connectivity index (χ4n) is 2.75. The Bertz CT molecular complexity index is 1010. The predicted molar refractivity (Wildman–Crippen MR) is 118 cm³/mol. The van der Waals surface area contributed by atoms with Crippen LogP contribution in [0.25, 0.3) is 0 Å². The summed E-state index contributed by atoms with van der Waals surface area (Å²) in [6, 6.07) is 24.1. The Kier molecular flexibility index (Phi) is 5.57. The fourth-order valence-corrected chi connectivity index (χ4v) is 4.11. The molecule has 7 heteroatoms. The third-order valence-corrected chi connectivity index (χ3v) is 5.84. The van der Waals surface area contributed by atoms with Gasteiger partial charge in [0, 0.05) is 15.7 Å². The summed E-state index contributed by atoms with van der Waals surface area (Å²) in [4.78, 5) is 13.0. The topological polar surface area (TPSA) is 44.7 Å². The molecular formula is C21H15Cl2N3OS. The SMILES string of the molecule is O=C(Nc1ccccc1)C1=NN(c2ccc(Cl)cc2)SC1c1ccc(Cl)cc1. The van der Waals surface area contributed by atoms with Crippen LogP contribution >= 0.6 is 35.1 Å². The number of nitrogens with zero attached hydrogens (tertiary/aromatic N) is 2. The van der Waals surface area contributed by atoms with E-state index < -0.39 is 0 Å². The van der Waals surface area contributed by atoms with Crippen molar-refractivity contribution in [3.8, 4) is 0 Å². The van der Waals surface area contributed by atoms with E-state index in [-0.39, 0.29) is 11.2 Å². The molecular weight excluding hydrogens is 413 g/mol. The van der Waals surface area contributed by atoms with Crippen molar-refractivity contribution in [3.63, 3.8) is 0 Å². The molecule has 1 unspecified atom stereocenters. The van der Waals surface area contributed by atoms with E-state index in [9.17, 15) is 4.79 Å². The molecule has 0 spiro atoms. The monoisotopic (exact) mass is 427 g/mol. The number of hydrogen-bond donors (Lipinski definition) is 1. The first-order valence-corrected chi connectivity index (χ1v) is 10.1. The number of rotatable bonds is 4. The second-order valence-corrected chi connectivity index (χ2v) is 7.99. The molecule has 0 saturated carbocycles. The van der Waals surface area contributed by atoms with E-state index >= 15 is 0 Å². The minimum atomic E-state index is -0.253. The normalized spacial score (nSPS) is 16.0. The number of hydrogen-bond acceptors (Lipinski definition) is 4. The summed E-state index contributed by atoms with van der Waals surface area (Å²) in [5.41, 5.74) is 2.94. The van der Waals surface area contributed by atoms with Crippen molar-refractivity contribution in [2.75, 3.05) is 9.73 Å². The first kappa shape index (κ1) is 18.9. The highest BCUT2D eigenvalue weighted by Crippen LogP contribution is 2.42. The average molecular weight is 428 g/mol. The number of hydrazone groups is 1.